The number of carbonyl (C=O) groups excluding carboxylic acids is 1. The highest BCUT2D eigenvalue weighted by Crippen LogP contribution is 2.12. The molecule has 98 valence electrons. The summed E-state index contributed by atoms with van der Waals surface area (Å²) in [5.74, 6) is -0.129. The molecule has 1 aromatic carbocycles. The molecule has 1 unspecified atom stereocenters. The van der Waals surface area contributed by atoms with Crippen molar-refractivity contribution in [2.45, 2.75) is 19.4 Å². The Balaban J connectivity index is 2.38. The first-order valence-electron chi connectivity index (χ1n) is 6.04. The third-order valence-corrected chi connectivity index (χ3v) is 2.67. The van der Waals surface area contributed by atoms with Gasteiger partial charge in [-0.25, -0.2) is 0 Å². The molecule has 5 nitrogen and oxygen atoms in total. The Bertz CT molecular complexity index is 496. The van der Waals surface area contributed by atoms with Crippen LogP contribution in [-0.2, 0) is 4.79 Å². The molecule has 0 heterocycles. The molecule has 0 aliphatic rings. The van der Waals surface area contributed by atoms with E-state index < -0.39 is 0 Å². The second-order valence-electron chi connectivity index (χ2n) is 4.09. The van der Waals surface area contributed by atoms with Gasteiger partial charge in [0.25, 0.3) is 0 Å². The molecule has 0 saturated carbocycles. The summed E-state index contributed by atoms with van der Waals surface area (Å²) in [5.41, 5.74) is 1.63. The highest BCUT2D eigenvalue weighted by Gasteiger charge is 2.07. The monoisotopic (exact) mass is 256 g/mol. The molecular formula is C14H16N4O. The zero-order valence-electron chi connectivity index (χ0n) is 10.8. The first-order chi connectivity index (χ1) is 9.17. The second kappa shape index (κ2) is 7.86. The van der Waals surface area contributed by atoms with Crippen LogP contribution in [0.4, 0.5) is 0 Å². The highest BCUT2D eigenvalue weighted by molar-refractivity contribution is 5.78. The van der Waals surface area contributed by atoms with Crippen LogP contribution in [0.25, 0.3) is 0 Å². The summed E-state index contributed by atoms with van der Waals surface area (Å²) in [7, 11) is 0. The second-order valence-corrected chi connectivity index (χ2v) is 4.09. The van der Waals surface area contributed by atoms with Crippen molar-refractivity contribution in [2.75, 3.05) is 13.1 Å². The van der Waals surface area contributed by atoms with Gasteiger partial charge in [-0.05, 0) is 24.6 Å². The quantitative estimate of drug-likeness (QED) is 0.749. The smallest absolute Gasteiger partial charge is 0.234 e. The van der Waals surface area contributed by atoms with Crippen molar-refractivity contribution in [2.24, 2.45) is 0 Å². The first-order valence-corrected chi connectivity index (χ1v) is 6.04. The van der Waals surface area contributed by atoms with Crippen molar-refractivity contribution >= 4 is 5.91 Å². The fraction of sp³-hybridized carbons (Fsp3) is 0.357. The maximum Gasteiger partial charge on any atom is 0.234 e. The van der Waals surface area contributed by atoms with E-state index in [4.69, 9.17) is 10.5 Å². The average molecular weight is 256 g/mol. The molecule has 0 aliphatic carbocycles. The van der Waals surface area contributed by atoms with Gasteiger partial charge in [0.2, 0.25) is 5.91 Å². The van der Waals surface area contributed by atoms with E-state index in [9.17, 15) is 4.79 Å². The summed E-state index contributed by atoms with van der Waals surface area (Å²) in [5, 5.41) is 22.8. The summed E-state index contributed by atoms with van der Waals surface area (Å²) in [6.07, 6.45) is 0.316. The van der Waals surface area contributed by atoms with Gasteiger partial charge in [-0.1, -0.05) is 12.1 Å². The van der Waals surface area contributed by atoms with E-state index in [1.54, 1.807) is 12.1 Å². The molecule has 0 radical (unpaired) electrons. The number of carbonyl (C=O) groups is 1. The third kappa shape index (κ3) is 5.20. The largest absolute Gasteiger partial charge is 0.354 e. The van der Waals surface area contributed by atoms with Crippen molar-refractivity contribution < 1.29 is 4.79 Å². The van der Waals surface area contributed by atoms with Gasteiger partial charge in [0.15, 0.2) is 0 Å². The SMILES string of the molecule is CC(NCC(=O)NCCC#N)c1ccc(C#N)cc1. The highest BCUT2D eigenvalue weighted by atomic mass is 16.1. The lowest BCUT2D eigenvalue weighted by Crippen LogP contribution is -2.35. The van der Waals surface area contributed by atoms with E-state index in [-0.39, 0.29) is 18.5 Å². The minimum atomic E-state index is -0.129. The maximum absolute atomic E-state index is 11.4. The molecule has 5 heteroatoms. The van der Waals surface area contributed by atoms with Crippen LogP contribution in [-0.4, -0.2) is 19.0 Å². The lowest BCUT2D eigenvalue weighted by Gasteiger charge is -2.14. The van der Waals surface area contributed by atoms with Gasteiger partial charge in [0.1, 0.15) is 0 Å². The van der Waals surface area contributed by atoms with Gasteiger partial charge in [0, 0.05) is 12.6 Å². The molecule has 2 N–H and O–H groups in total. The van der Waals surface area contributed by atoms with Crippen molar-refractivity contribution in [1.82, 2.24) is 10.6 Å². The molecule has 0 fully saturated rings. The maximum atomic E-state index is 11.4. The van der Waals surface area contributed by atoms with Gasteiger partial charge in [-0.15, -0.1) is 0 Å². The summed E-state index contributed by atoms with van der Waals surface area (Å²) < 4.78 is 0. The van der Waals surface area contributed by atoms with Crippen LogP contribution in [0.3, 0.4) is 0 Å². The Morgan fingerprint density at radius 3 is 2.58 bits per heavy atom. The van der Waals surface area contributed by atoms with Gasteiger partial charge in [-0.2, -0.15) is 10.5 Å². The molecule has 0 saturated heterocycles. The fourth-order valence-electron chi connectivity index (χ4n) is 1.53. The van der Waals surface area contributed by atoms with Gasteiger partial charge >= 0.3 is 0 Å². The number of hydrogen-bond acceptors (Lipinski definition) is 4. The molecular weight excluding hydrogens is 240 g/mol. The van der Waals surface area contributed by atoms with Gasteiger partial charge < -0.3 is 10.6 Å². The van der Waals surface area contributed by atoms with Crippen LogP contribution >= 0.6 is 0 Å². The number of nitrogens with one attached hydrogen (secondary N) is 2. The molecule has 19 heavy (non-hydrogen) atoms. The van der Waals surface area contributed by atoms with Crippen molar-refractivity contribution in [3.05, 3.63) is 35.4 Å². The molecule has 0 spiro atoms. The molecule has 1 amide bonds. The van der Waals surface area contributed by atoms with Crippen LogP contribution in [0.5, 0.6) is 0 Å². The van der Waals surface area contributed by atoms with Crippen LogP contribution in [0.1, 0.15) is 30.5 Å². The lowest BCUT2D eigenvalue weighted by molar-refractivity contribution is -0.120. The molecule has 0 aromatic heterocycles. The zero-order chi connectivity index (χ0) is 14.1. The number of nitriles is 2. The number of hydrogen-bond donors (Lipinski definition) is 2. The van der Waals surface area contributed by atoms with E-state index in [1.165, 1.54) is 0 Å². The third-order valence-electron chi connectivity index (χ3n) is 2.67. The zero-order valence-corrected chi connectivity index (χ0v) is 10.8. The number of amides is 1. The van der Waals surface area contributed by atoms with Crippen LogP contribution < -0.4 is 10.6 Å². The van der Waals surface area contributed by atoms with Crippen LogP contribution in [0, 0.1) is 22.7 Å². The Morgan fingerprint density at radius 1 is 1.32 bits per heavy atom. The van der Waals surface area contributed by atoms with E-state index in [1.807, 2.05) is 25.1 Å². The molecule has 1 rings (SSSR count). The van der Waals surface area contributed by atoms with Gasteiger partial charge in [-0.3, -0.25) is 4.79 Å². The Morgan fingerprint density at radius 2 is 2.00 bits per heavy atom. The minimum absolute atomic E-state index is 0.0226. The predicted molar refractivity (Wildman–Crippen MR) is 70.8 cm³/mol. The topological polar surface area (TPSA) is 88.7 Å². The standard InChI is InChI=1S/C14H16N4O/c1-11(13-5-3-12(9-16)4-6-13)18-10-14(19)17-8-2-7-15/h3-6,11,18H,2,8,10H2,1H3,(H,17,19). The normalized spacial score (nSPS) is 11.1. The van der Waals surface area contributed by atoms with E-state index >= 15 is 0 Å². The first kappa shape index (κ1) is 14.7. The van der Waals surface area contributed by atoms with Crippen LogP contribution in [0.15, 0.2) is 24.3 Å². The number of benzene rings is 1. The predicted octanol–water partition coefficient (Wildman–Crippen LogP) is 1.24. The number of nitrogens with zero attached hydrogens (tertiary/aromatic N) is 2. The van der Waals surface area contributed by atoms with Crippen molar-refractivity contribution in [1.29, 1.82) is 10.5 Å². The van der Waals surface area contributed by atoms with Crippen molar-refractivity contribution in [3.63, 3.8) is 0 Å². The molecule has 1 aromatic rings. The Labute approximate surface area is 112 Å². The van der Waals surface area contributed by atoms with Crippen LogP contribution in [0.2, 0.25) is 0 Å². The average Bonchev–Trinajstić information content (AvgIpc) is 2.45. The molecule has 1 atom stereocenters. The van der Waals surface area contributed by atoms with E-state index in [2.05, 4.69) is 16.7 Å². The Kier molecular flexibility index (Phi) is 6.08. The lowest BCUT2D eigenvalue weighted by atomic mass is 10.1. The fourth-order valence-corrected chi connectivity index (χ4v) is 1.53. The summed E-state index contributed by atoms with van der Waals surface area (Å²) >= 11 is 0. The summed E-state index contributed by atoms with van der Waals surface area (Å²) in [6, 6.07) is 11.3. The van der Waals surface area contributed by atoms with Gasteiger partial charge in [0.05, 0.1) is 30.7 Å². The van der Waals surface area contributed by atoms with Crippen molar-refractivity contribution in [3.8, 4) is 12.1 Å². The van der Waals surface area contributed by atoms with E-state index in [0.29, 0.717) is 18.5 Å². The molecule has 0 aliphatic heterocycles. The molecule has 0 bridgehead atoms. The number of rotatable bonds is 6. The Hall–Kier alpha value is -2.37. The summed E-state index contributed by atoms with van der Waals surface area (Å²) in [6.45, 7) is 2.53. The minimum Gasteiger partial charge on any atom is -0.354 e. The summed E-state index contributed by atoms with van der Waals surface area (Å²) in [4.78, 5) is 11.4. The van der Waals surface area contributed by atoms with E-state index in [0.717, 1.165) is 5.56 Å².